The summed E-state index contributed by atoms with van der Waals surface area (Å²) in [5, 5.41) is 12.6. The molecule has 5 heteroatoms. The number of phenolic OH excluding ortho intramolecular Hbond substituents is 1. The summed E-state index contributed by atoms with van der Waals surface area (Å²) in [4.78, 5) is 24.0. The molecular weight excluding hydrogens is 294 g/mol. The van der Waals surface area contributed by atoms with Gasteiger partial charge in [0.05, 0.1) is 0 Å². The molecule has 3 atom stereocenters. The molecule has 126 valence electrons. The number of hydrogen-bond acceptors (Lipinski definition) is 4. The molecule has 1 aliphatic rings. The molecule has 0 aromatic heterocycles. The van der Waals surface area contributed by atoms with E-state index in [0.717, 1.165) is 18.4 Å². The molecule has 0 radical (unpaired) electrons. The minimum atomic E-state index is -0.689. The number of carbonyl (C=O) groups is 2. The Labute approximate surface area is 137 Å². The van der Waals surface area contributed by atoms with Crippen LogP contribution in [0.5, 0.6) is 5.75 Å². The van der Waals surface area contributed by atoms with E-state index in [4.69, 9.17) is 4.74 Å². The molecule has 1 aromatic carbocycles. The molecule has 0 spiro atoms. The number of nitrogens with one attached hydrogen (secondary N) is 1. The fraction of sp³-hybridized carbons (Fsp3) is 0.556. The Kier molecular flexibility index (Phi) is 5.64. The number of aromatic hydroxyl groups is 1. The van der Waals surface area contributed by atoms with Crippen molar-refractivity contribution in [2.24, 2.45) is 11.8 Å². The van der Waals surface area contributed by atoms with Gasteiger partial charge in [-0.15, -0.1) is 0 Å². The van der Waals surface area contributed by atoms with Crippen molar-refractivity contribution in [3.05, 3.63) is 29.3 Å². The fourth-order valence-corrected chi connectivity index (χ4v) is 3.06. The van der Waals surface area contributed by atoms with Gasteiger partial charge in [-0.1, -0.05) is 38.3 Å². The highest BCUT2D eigenvalue weighted by atomic mass is 16.5. The number of hydrogen-bond donors (Lipinski definition) is 2. The number of phenols is 1. The summed E-state index contributed by atoms with van der Waals surface area (Å²) in [6.45, 7) is 5.83. The number of ether oxygens (including phenoxy) is 1. The van der Waals surface area contributed by atoms with Gasteiger partial charge in [0.1, 0.15) is 11.3 Å². The molecule has 1 fully saturated rings. The minimum absolute atomic E-state index is 0.0810. The smallest absolute Gasteiger partial charge is 0.342 e. The standard InChI is InChI=1S/C18H25NO4/c1-11-7-8-16(20)14(9-11)18(22)23-10-17(21)19-15-6-4-5-12(2)13(15)3/h7-9,12-13,15,20H,4-6,10H2,1-3H3,(H,19,21)/t12-,13+,15+/m0/s1. The van der Waals surface area contributed by atoms with Crippen LogP contribution in [-0.4, -0.2) is 29.6 Å². The average molecular weight is 319 g/mol. The molecule has 5 nitrogen and oxygen atoms in total. The summed E-state index contributed by atoms with van der Waals surface area (Å²) in [7, 11) is 0. The monoisotopic (exact) mass is 319 g/mol. The molecule has 0 heterocycles. The van der Waals surface area contributed by atoms with E-state index in [1.54, 1.807) is 12.1 Å². The van der Waals surface area contributed by atoms with Crippen molar-refractivity contribution in [2.45, 2.75) is 46.1 Å². The maximum atomic E-state index is 12.0. The minimum Gasteiger partial charge on any atom is -0.507 e. The van der Waals surface area contributed by atoms with Crippen LogP contribution in [0.4, 0.5) is 0 Å². The average Bonchev–Trinajstić information content (AvgIpc) is 2.52. The van der Waals surface area contributed by atoms with Crippen LogP contribution in [0.1, 0.15) is 49.0 Å². The first kappa shape index (κ1) is 17.3. The van der Waals surface area contributed by atoms with Gasteiger partial charge in [-0.3, -0.25) is 4.79 Å². The van der Waals surface area contributed by atoms with Crippen LogP contribution in [0.3, 0.4) is 0 Å². The van der Waals surface area contributed by atoms with Gasteiger partial charge < -0.3 is 15.2 Å². The summed E-state index contributed by atoms with van der Waals surface area (Å²) in [6.07, 6.45) is 3.26. The number of rotatable bonds is 4. The molecule has 0 saturated heterocycles. The quantitative estimate of drug-likeness (QED) is 0.837. The molecule has 23 heavy (non-hydrogen) atoms. The van der Waals surface area contributed by atoms with Gasteiger partial charge in [0.15, 0.2) is 6.61 Å². The Bertz CT molecular complexity index is 584. The first-order valence-electron chi connectivity index (χ1n) is 8.14. The first-order chi connectivity index (χ1) is 10.9. The van der Waals surface area contributed by atoms with E-state index in [9.17, 15) is 14.7 Å². The Hall–Kier alpha value is -2.04. The van der Waals surface area contributed by atoms with Gasteiger partial charge >= 0.3 is 5.97 Å². The van der Waals surface area contributed by atoms with E-state index >= 15 is 0 Å². The fourth-order valence-electron chi connectivity index (χ4n) is 3.06. The van der Waals surface area contributed by atoms with Crippen LogP contribution in [0.25, 0.3) is 0 Å². The predicted molar refractivity (Wildman–Crippen MR) is 87.2 cm³/mol. The highest BCUT2D eigenvalue weighted by molar-refractivity contribution is 5.94. The summed E-state index contributed by atoms with van der Waals surface area (Å²) in [5.41, 5.74) is 0.918. The lowest BCUT2D eigenvalue weighted by Crippen LogP contribution is -2.45. The Morgan fingerprint density at radius 3 is 2.78 bits per heavy atom. The lowest BCUT2D eigenvalue weighted by molar-refractivity contribution is -0.125. The van der Waals surface area contributed by atoms with Gasteiger partial charge in [0.25, 0.3) is 5.91 Å². The molecule has 2 N–H and O–H groups in total. The number of carbonyl (C=O) groups excluding carboxylic acids is 2. The van der Waals surface area contributed by atoms with Crippen molar-refractivity contribution >= 4 is 11.9 Å². The van der Waals surface area contributed by atoms with Gasteiger partial charge in [-0.05, 0) is 37.3 Å². The van der Waals surface area contributed by atoms with Crippen molar-refractivity contribution in [1.29, 1.82) is 0 Å². The highest BCUT2D eigenvalue weighted by Crippen LogP contribution is 2.29. The molecule has 1 aliphatic carbocycles. The summed E-state index contributed by atoms with van der Waals surface area (Å²) in [6, 6.07) is 4.82. The van der Waals surface area contributed by atoms with Crippen molar-refractivity contribution < 1.29 is 19.4 Å². The molecular formula is C18H25NO4. The molecule has 0 aliphatic heterocycles. The molecule has 2 rings (SSSR count). The number of benzene rings is 1. The van der Waals surface area contributed by atoms with Crippen LogP contribution in [0.15, 0.2) is 18.2 Å². The maximum Gasteiger partial charge on any atom is 0.342 e. The second kappa shape index (κ2) is 7.49. The van der Waals surface area contributed by atoms with Gasteiger partial charge in [-0.2, -0.15) is 0 Å². The molecule has 1 saturated carbocycles. The van der Waals surface area contributed by atoms with Gasteiger partial charge in [0, 0.05) is 6.04 Å². The third kappa shape index (κ3) is 4.47. The van der Waals surface area contributed by atoms with E-state index in [0.29, 0.717) is 11.8 Å². The zero-order valence-electron chi connectivity index (χ0n) is 14.0. The van der Waals surface area contributed by atoms with Crippen molar-refractivity contribution in [1.82, 2.24) is 5.32 Å². The second-order valence-electron chi connectivity index (χ2n) is 6.54. The topological polar surface area (TPSA) is 75.6 Å². The molecule has 0 unspecified atom stereocenters. The normalized spacial score (nSPS) is 24.0. The molecule has 0 bridgehead atoms. The van der Waals surface area contributed by atoms with Crippen molar-refractivity contribution in [3.63, 3.8) is 0 Å². The Balaban J connectivity index is 1.86. The van der Waals surface area contributed by atoms with E-state index in [-0.39, 0.29) is 29.9 Å². The highest BCUT2D eigenvalue weighted by Gasteiger charge is 2.28. The summed E-state index contributed by atoms with van der Waals surface area (Å²) >= 11 is 0. The number of amides is 1. The van der Waals surface area contributed by atoms with Crippen LogP contribution in [0.2, 0.25) is 0 Å². The largest absolute Gasteiger partial charge is 0.507 e. The zero-order valence-corrected chi connectivity index (χ0v) is 14.0. The van der Waals surface area contributed by atoms with Crippen LogP contribution in [-0.2, 0) is 9.53 Å². The van der Waals surface area contributed by atoms with Crippen LogP contribution in [0, 0.1) is 18.8 Å². The van der Waals surface area contributed by atoms with Gasteiger partial charge in [-0.25, -0.2) is 4.79 Å². The van der Waals surface area contributed by atoms with Crippen LogP contribution >= 0.6 is 0 Å². The Morgan fingerprint density at radius 2 is 2.04 bits per heavy atom. The van der Waals surface area contributed by atoms with Crippen molar-refractivity contribution in [3.8, 4) is 5.75 Å². The van der Waals surface area contributed by atoms with Gasteiger partial charge in [0.2, 0.25) is 0 Å². The first-order valence-corrected chi connectivity index (χ1v) is 8.14. The summed E-state index contributed by atoms with van der Waals surface area (Å²) in [5.74, 6) is -0.122. The van der Waals surface area contributed by atoms with E-state index < -0.39 is 5.97 Å². The third-order valence-corrected chi connectivity index (χ3v) is 4.76. The van der Waals surface area contributed by atoms with Crippen molar-refractivity contribution in [2.75, 3.05) is 6.61 Å². The molecule has 1 amide bonds. The summed E-state index contributed by atoms with van der Waals surface area (Å²) < 4.78 is 5.02. The SMILES string of the molecule is Cc1ccc(O)c(C(=O)OCC(=O)N[C@@H]2CCC[C@H](C)[C@H]2C)c1. The lowest BCUT2D eigenvalue weighted by atomic mass is 9.78. The second-order valence-corrected chi connectivity index (χ2v) is 6.54. The Morgan fingerprint density at radius 1 is 1.30 bits per heavy atom. The van der Waals surface area contributed by atoms with E-state index in [2.05, 4.69) is 19.2 Å². The third-order valence-electron chi connectivity index (χ3n) is 4.76. The lowest BCUT2D eigenvalue weighted by Gasteiger charge is -2.34. The predicted octanol–water partition coefficient (Wildman–Crippen LogP) is 2.80. The van der Waals surface area contributed by atoms with E-state index in [1.165, 1.54) is 12.5 Å². The maximum absolute atomic E-state index is 12.0. The number of esters is 1. The molecule has 1 aromatic rings. The van der Waals surface area contributed by atoms with Crippen LogP contribution < -0.4 is 5.32 Å². The van der Waals surface area contributed by atoms with E-state index in [1.807, 2.05) is 6.92 Å². The zero-order chi connectivity index (χ0) is 17.0. The number of aryl methyl sites for hydroxylation is 1.